The molecular weight excluding hydrogens is 522 g/mol. The second kappa shape index (κ2) is 12.5. The number of sulfonamides is 1. The summed E-state index contributed by atoms with van der Waals surface area (Å²) in [4.78, 5) is 28.2. The third kappa shape index (κ3) is 6.55. The molecule has 38 heavy (non-hydrogen) atoms. The smallest absolute Gasteiger partial charge is 0.264 e. The first kappa shape index (κ1) is 29.2. The fourth-order valence-electron chi connectivity index (χ4n) is 4.33. The van der Waals surface area contributed by atoms with Gasteiger partial charge in [-0.05, 0) is 62.6 Å². The Morgan fingerprint density at radius 1 is 0.947 bits per heavy atom. The number of carbonyl (C=O) groups excluding carboxylic acids is 2. The second-order valence-electron chi connectivity index (χ2n) is 9.27. The maximum atomic E-state index is 14.0. The van der Waals surface area contributed by atoms with E-state index in [-0.39, 0.29) is 17.3 Å². The molecule has 0 saturated heterocycles. The van der Waals surface area contributed by atoms with Gasteiger partial charge < -0.3 is 10.2 Å². The lowest BCUT2D eigenvalue weighted by Crippen LogP contribution is -2.51. The molecule has 0 spiro atoms. The minimum absolute atomic E-state index is 0.0513. The maximum absolute atomic E-state index is 14.0. The van der Waals surface area contributed by atoms with E-state index in [1.807, 2.05) is 32.9 Å². The summed E-state index contributed by atoms with van der Waals surface area (Å²) < 4.78 is 29.0. The SMILES string of the molecule is CC[C@@H](C(=O)NC)N(Cc1ccccc1Cl)C(=O)CN(c1ccc(C)cc1C)S(=O)(=O)c1ccc(C)cc1. The zero-order chi connectivity index (χ0) is 28.0. The molecule has 202 valence electrons. The molecule has 3 aromatic carbocycles. The molecule has 3 aromatic rings. The summed E-state index contributed by atoms with van der Waals surface area (Å²) in [5.74, 6) is -0.858. The second-order valence-corrected chi connectivity index (χ2v) is 11.5. The fraction of sp³-hybridized carbons (Fsp3) is 0.310. The summed E-state index contributed by atoms with van der Waals surface area (Å²) >= 11 is 6.39. The Hall–Kier alpha value is -3.36. The van der Waals surface area contributed by atoms with Crippen molar-refractivity contribution < 1.29 is 18.0 Å². The van der Waals surface area contributed by atoms with Crippen LogP contribution in [0, 0.1) is 20.8 Å². The minimum Gasteiger partial charge on any atom is -0.357 e. The molecule has 1 N–H and O–H groups in total. The van der Waals surface area contributed by atoms with Gasteiger partial charge in [-0.2, -0.15) is 0 Å². The Kier molecular flexibility index (Phi) is 9.57. The fourth-order valence-corrected chi connectivity index (χ4v) is 6.01. The van der Waals surface area contributed by atoms with E-state index in [4.69, 9.17) is 11.6 Å². The summed E-state index contributed by atoms with van der Waals surface area (Å²) in [5.41, 5.74) is 3.65. The number of amides is 2. The molecule has 0 bridgehead atoms. The molecular formula is C29H34ClN3O4S. The van der Waals surface area contributed by atoms with Crippen LogP contribution in [0.25, 0.3) is 0 Å². The van der Waals surface area contributed by atoms with E-state index in [9.17, 15) is 18.0 Å². The van der Waals surface area contributed by atoms with E-state index in [1.165, 1.54) is 24.1 Å². The third-order valence-electron chi connectivity index (χ3n) is 6.44. The first-order chi connectivity index (χ1) is 18.0. The van der Waals surface area contributed by atoms with Crippen LogP contribution in [-0.2, 0) is 26.2 Å². The number of aryl methyl sites for hydroxylation is 3. The van der Waals surface area contributed by atoms with Gasteiger partial charge in [0.2, 0.25) is 11.8 Å². The summed E-state index contributed by atoms with van der Waals surface area (Å²) in [7, 11) is -2.61. The molecule has 3 rings (SSSR count). The van der Waals surface area contributed by atoms with Gasteiger partial charge in [0.05, 0.1) is 10.6 Å². The van der Waals surface area contributed by atoms with Crippen LogP contribution in [0.2, 0.25) is 5.02 Å². The normalized spacial score (nSPS) is 12.1. The zero-order valence-corrected chi connectivity index (χ0v) is 23.9. The number of anilines is 1. The molecule has 1 atom stereocenters. The lowest BCUT2D eigenvalue weighted by atomic mass is 10.1. The van der Waals surface area contributed by atoms with Crippen LogP contribution in [0.4, 0.5) is 5.69 Å². The van der Waals surface area contributed by atoms with Crippen molar-refractivity contribution in [2.24, 2.45) is 0 Å². The van der Waals surface area contributed by atoms with Crippen LogP contribution >= 0.6 is 11.6 Å². The average Bonchev–Trinajstić information content (AvgIpc) is 2.88. The molecule has 0 saturated carbocycles. The Morgan fingerprint density at radius 2 is 1.58 bits per heavy atom. The van der Waals surface area contributed by atoms with Crippen molar-refractivity contribution in [1.82, 2.24) is 10.2 Å². The predicted octanol–water partition coefficient (Wildman–Crippen LogP) is 5.01. The van der Waals surface area contributed by atoms with E-state index < -0.39 is 28.5 Å². The van der Waals surface area contributed by atoms with Gasteiger partial charge in [-0.1, -0.05) is 72.1 Å². The van der Waals surface area contributed by atoms with Gasteiger partial charge in [0, 0.05) is 18.6 Å². The van der Waals surface area contributed by atoms with Crippen LogP contribution in [0.15, 0.2) is 71.6 Å². The Bertz CT molecular complexity index is 1410. The molecule has 0 unspecified atom stereocenters. The Labute approximate surface area is 230 Å². The van der Waals surface area contributed by atoms with Crippen molar-refractivity contribution in [3.8, 4) is 0 Å². The van der Waals surface area contributed by atoms with Gasteiger partial charge in [0.1, 0.15) is 12.6 Å². The molecule has 9 heteroatoms. The van der Waals surface area contributed by atoms with Gasteiger partial charge in [-0.25, -0.2) is 8.42 Å². The van der Waals surface area contributed by atoms with E-state index >= 15 is 0 Å². The lowest BCUT2D eigenvalue weighted by Gasteiger charge is -2.33. The van der Waals surface area contributed by atoms with Crippen LogP contribution in [0.5, 0.6) is 0 Å². The highest BCUT2D eigenvalue weighted by molar-refractivity contribution is 7.92. The third-order valence-corrected chi connectivity index (χ3v) is 8.58. The van der Waals surface area contributed by atoms with Crippen LogP contribution in [0.1, 0.15) is 35.6 Å². The predicted molar refractivity (Wildman–Crippen MR) is 152 cm³/mol. The number of likely N-dealkylation sites (N-methyl/N-ethyl adjacent to an activating group) is 1. The highest BCUT2D eigenvalue weighted by atomic mass is 35.5. The monoisotopic (exact) mass is 555 g/mol. The van der Waals surface area contributed by atoms with Crippen molar-refractivity contribution >= 4 is 39.1 Å². The van der Waals surface area contributed by atoms with Crippen molar-refractivity contribution in [3.05, 3.63) is 94.0 Å². The summed E-state index contributed by atoms with van der Waals surface area (Å²) in [6.45, 7) is 6.97. The quantitative estimate of drug-likeness (QED) is 0.381. The van der Waals surface area contributed by atoms with Crippen LogP contribution in [0.3, 0.4) is 0 Å². The number of halogens is 1. The van der Waals surface area contributed by atoms with E-state index in [1.54, 1.807) is 49.4 Å². The Morgan fingerprint density at radius 3 is 2.16 bits per heavy atom. The summed E-state index contributed by atoms with van der Waals surface area (Å²) in [6.07, 6.45) is 0.337. The molecule has 0 aliphatic heterocycles. The minimum atomic E-state index is -4.11. The average molecular weight is 556 g/mol. The topological polar surface area (TPSA) is 86.8 Å². The van der Waals surface area contributed by atoms with Crippen LogP contribution < -0.4 is 9.62 Å². The van der Waals surface area contributed by atoms with E-state index in [0.717, 1.165) is 15.4 Å². The molecule has 0 aromatic heterocycles. The van der Waals surface area contributed by atoms with Gasteiger partial charge in [-0.3, -0.25) is 13.9 Å². The van der Waals surface area contributed by atoms with E-state index in [2.05, 4.69) is 5.32 Å². The number of nitrogens with one attached hydrogen (secondary N) is 1. The molecule has 7 nitrogen and oxygen atoms in total. The highest BCUT2D eigenvalue weighted by Crippen LogP contribution is 2.29. The first-order valence-electron chi connectivity index (χ1n) is 12.4. The molecule has 0 heterocycles. The number of hydrogen-bond donors (Lipinski definition) is 1. The van der Waals surface area contributed by atoms with Crippen molar-refractivity contribution in [2.75, 3.05) is 17.9 Å². The zero-order valence-electron chi connectivity index (χ0n) is 22.4. The number of nitrogens with zero attached hydrogens (tertiary/aromatic N) is 2. The highest BCUT2D eigenvalue weighted by Gasteiger charge is 2.34. The summed E-state index contributed by atoms with van der Waals surface area (Å²) in [6, 6.07) is 18.2. The number of carbonyl (C=O) groups is 2. The molecule has 0 aliphatic rings. The largest absolute Gasteiger partial charge is 0.357 e. The molecule has 2 amide bonds. The van der Waals surface area contributed by atoms with Gasteiger partial charge in [0.15, 0.2) is 0 Å². The lowest BCUT2D eigenvalue weighted by molar-refractivity contribution is -0.140. The molecule has 0 radical (unpaired) electrons. The summed E-state index contributed by atoms with van der Waals surface area (Å²) in [5, 5.41) is 3.07. The van der Waals surface area contributed by atoms with Crippen molar-refractivity contribution in [1.29, 1.82) is 0 Å². The van der Waals surface area contributed by atoms with Gasteiger partial charge in [0.25, 0.3) is 10.0 Å². The standard InChI is InChI=1S/C29H34ClN3O4S/c1-6-26(29(35)31-5)32(18-23-9-7-8-10-25(23)30)28(34)19-33(27-16-13-21(3)17-22(27)4)38(36,37)24-14-11-20(2)12-15-24/h7-17,26H,6,18-19H2,1-5H3,(H,31,35)/t26-/m0/s1. The maximum Gasteiger partial charge on any atom is 0.264 e. The number of benzene rings is 3. The molecule has 0 aliphatic carbocycles. The van der Waals surface area contributed by atoms with Crippen LogP contribution in [-0.4, -0.2) is 44.8 Å². The number of rotatable bonds is 10. The molecule has 0 fully saturated rings. The number of hydrogen-bond acceptors (Lipinski definition) is 4. The first-order valence-corrected chi connectivity index (χ1v) is 14.2. The Balaban J connectivity index is 2.11. The van der Waals surface area contributed by atoms with Crippen molar-refractivity contribution in [3.63, 3.8) is 0 Å². The van der Waals surface area contributed by atoms with Gasteiger partial charge in [-0.15, -0.1) is 0 Å². The van der Waals surface area contributed by atoms with Gasteiger partial charge >= 0.3 is 0 Å². The van der Waals surface area contributed by atoms with Crippen molar-refractivity contribution in [2.45, 2.75) is 51.6 Å². The van der Waals surface area contributed by atoms with E-state index in [0.29, 0.717) is 28.3 Å².